The van der Waals surface area contributed by atoms with Crippen LogP contribution < -0.4 is 5.32 Å². The maximum atomic E-state index is 4.60. The highest BCUT2D eigenvalue weighted by atomic mass is 15.1. The maximum absolute atomic E-state index is 4.60. The Kier molecular flexibility index (Phi) is 1.82. The Bertz CT molecular complexity index is 487. The number of pyridine rings is 1. The largest absolute Gasteiger partial charge is 0.328 e. The fourth-order valence-corrected chi connectivity index (χ4v) is 1.97. The smallest absolute Gasteiger partial charge is 0.158 e. The Balaban J connectivity index is 2.14. The first-order chi connectivity index (χ1) is 7.36. The molecule has 1 N–H and O–H groups in total. The molecule has 2 aromatic heterocycles. The molecule has 4 nitrogen and oxygen atoms in total. The summed E-state index contributed by atoms with van der Waals surface area (Å²) in [5.74, 6) is 0.960. The zero-order valence-corrected chi connectivity index (χ0v) is 8.57. The van der Waals surface area contributed by atoms with Gasteiger partial charge >= 0.3 is 0 Å². The van der Waals surface area contributed by atoms with Crippen molar-refractivity contribution >= 4 is 0 Å². The second kappa shape index (κ2) is 3.17. The molecule has 4 heteroatoms. The van der Waals surface area contributed by atoms with E-state index in [0.29, 0.717) is 0 Å². The second-order valence-corrected chi connectivity index (χ2v) is 3.71. The lowest BCUT2D eigenvalue weighted by atomic mass is 10.3. The fraction of sp³-hybridized carbons (Fsp3) is 0.273. The number of hydrogen-bond acceptors (Lipinski definition) is 3. The predicted molar refractivity (Wildman–Crippen MR) is 57.0 cm³/mol. The van der Waals surface area contributed by atoms with Crippen LogP contribution in [0.5, 0.6) is 0 Å². The standard InChI is InChI=1S/C11H12N4/c1-15-10-7-12-6-9(10)14-11(15)8-4-2-3-5-13-8/h2-5,12H,6-7H2,1H3. The molecule has 1 aliphatic rings. The van der Waals surface area contributed by atoms with Gasteiger partial charge in [-0.05, 0) is 12.1 Å². The van der Waals surface area contributed by atoms with Gasteiger partial charge in [-0.1, -0.05) is 6.07 Å². The SMILES string of the molecule is Cn1c(-c2ccccn2)nc2c1CNC2. The van der Waals surface area contributed by atoms with Crippen LogP contribution in [-0.2, 0) is 20.1 Å². The summed E-state index contributed by atoms with van der Waals surface area (Å²) in [4.78, 5) is 8.92. The Labute approximate surface area is 88.0 Å². The third-order valence-corrected chi connectivity index (χ3v) is 2.78. The molecule has 0 atom stereocenters. The summed E-state index contributed by atoms with van der Waals surface area (Å²) in [6.07, 6.45) is 1.80. The average molecular weight is 200 g/mol. The summed E-state index contributed by atoms with van der Waals surface area (Å²) in [6.45, 7) is 1.78. The van der Waals surface area contributed by atoms with Crippen LogP contribution in [0.25, 0.3) is 11.5 Å². The molecule has 1 aliphatic heterocycles. The molecule has 0 radical (unpaired) electrons. The molecule has 0 amide bonds. The molecule has 0 unspecified atom stereocenters. The number of nitrogens with zero attached hydrogens (tertiary/aromatic N) is 3. The van der Waals surface area contributed by atoms with E-state index in [4.69, 9.17) is 0 Å². The minimum Gasteiger partial charge on any atom is -0.328 e. The van der Waals surface area contributed by atoms with Crippen LogP contribution in [0.4, 0.5) is 0 Å². The van der Waals surface area contributed by atoms with E-state index < -0.39 is 0 Å². The van der Waals surface area contributed by atoms with Crippen molar-refractivity contribution in [3.8, 4) is 11.5 Å². The minimum absolute atomic E-state index is 0.871. The zero-order chi connectivity index (χ0) is 10.3. The van der Waals surface area contributed by atoms with Crippen molar-refractivity contribution in [1.82, 2.24) is 19.9 Å². The molecular formula is C11H12N4. The van der Waals surface area contributed by atoms with E-state index in [2.05, 4.69) is 19.9 Å². The van der Waals surface area contributed by atoms with E-state index >= 15 is 0 Å². The highest BCUT2D eigenvalue weighted by Gasteiger charge is 2.19. The molecule has 0 saturated heterocycles. The first kappa shape index (κ1) is 8.61. The summed E-state index contributed by atoms with van der Waals surface area (Å²) in [5.41, 5.74) is 3.36. The lowest BCUT2D eigenvalue weighted by molar-refractivity contribution is 0.715. The van der Waals surface area contributed by atoms with Crippen molar-refractivity contribution in [2.45, 2.75) is 13.1 Å². The molecule has 0 aliphatic carbocycles. The van der Waals surface area contributed by atoms with Crippen LogP contribution >= 0.6 is 0 Å². The number of rotatable bonds is 1. The number of fused-ring (bicyclic) bond motifs is 1. The van der Waals surface area contributed by atoms with E-state index in [9.17, 15) is 0 Å². The lowest BCUT2D eigenvalue weighted by Crippen LogP contribution is -2.06. The van der Waals surface area contributed by atoms with E-state index in [0.717, 1.165) is 30.3 Å². The van der Waals surface area contributed by atoms with Gasteiger partial charge < -0.3 is 9.88 Å². The molecular weight excluding hydrogens is 188 g/mol. The Hall–Kier alpha value is -1.68. The second-order valence-electron chi connectivity index (χ2n) is 3.71. The van der Waals surface area contributed by atoms with Gasteiger partial charge in [0.2, 0.25) is 0 Å². The quantitative estimate of drug-likeness (QED) is 0.749. The predicted octanol–water partition coefficient (Wildman–Crippen LogP) is 1.09. The Morgan fingerprint density at radius 3 is 3.00 bits per heavy atom. The molecule has 0 fully saturated rings. The summed E-state index contributed by atoms with van der Waals surface area (Å²) in [6, 6.07) is 5.90. The van der Waals surface area contributed by atoms with Gasteiger partial charge in [-0.15, -0.1) is 0 Å². The maximum Gasteiger partial charge on any atom is 0.158 e. The highest BCUT2D eigenvalue weighted by molar-refractivity contribution is 5.51. The van der Waals surface area contributed by atoms with Crippen LogP contribution in [0, 0.1) is 0 Å². The normalized spacial score (nSPS) is 14.2. The van der Waals surface area contributed by atoms with Crippen LogP contribution in [0.3, 0.4) is 0 Å². The third-order valence-electron chi connectivity index (χ3n) is 2.78. The fourth-order valence-electron chi connectivity index (χ4n) is 1.97. The molecule has 0 saturated carbocycles. The number of aromatic nitrogens is 3. The van der Waals surface area contributed by atoms with Crippen LogP contribution in [0.15, 0.2) is 24.4 Å². The summed E-state index contributed by atoms with van der Waals surface area (Å²) >= 11 is 0. The van der Waals surface area contributed by atoms with E-state index in [-0.39, 0.29) is 0 Å². The highest BCUT2D eigenvalue weighted by Crippen LogP contribution is 2.22. The third kappa shape index (κ3) is 1.26. The van der Waals surface area contributed by atoms with Gasteiger partial charge in [0, 0.05) is 26.3 Å². The van der Waals surface area contributed by atoms with Gasteiger partial charge in [0.05, 0.1) is 11.4 Å². The van der Waals surface area contributed by atoms with Crippen LogP contribution in [0.1, 0.15) is 11.4 Å². The number of hydrogen-bond donors (Lipinski definition) is 1. The molecule has 3 heterocycles. The number of nitrogens with one attached hydrogen (secondary N) is 1. The number of imidazole rings is 1. The first-order valence-corrected chi connectivity index (χ1v) is 5.03. The van der Waals surface area contributed by atoms with Gasteiger partial charge in [-0.3, -0.25) is 4.98 Å². The topological polar surface area (TPSA) is 42.7 Å². The Morgan fingerprint density at radius 1 is 1.33 bits per heavy atom. The van der Waals surface area contributed by atoms with Crippen molar-refractivity contribution in [1.29, 1.82) is 0 Å². The lowest BCUT2D eigenvalue weighted by Gasteiger charge is -2.03. The van der Waals surface area contributed by atoms with Crippen molar-refractivity contribution in [2.24, 2.45) is 7.05 Å². The molecule has 3 rings (SSSR count). The van der Waals surface area contributed by atoms with E-state index in [1.165, 1.54) is 5.69 Å². The summed E-state index contributed by atoms with van der Waals surface area (Å²) in [7, 11) is 2.04. The van der Waals surface area contributed by atoms with Crippen molar-refractivity contribution in [2.75, 3.05) is 0 Å². The van der Waals surface area contributed by atoms with E-state index in [1.54, 1.807) is 6.20 Å². The van der Waals surface area contributed by atoms with Crippen LogP contribution in [0.2, 0.25) is 0 Å². The molecule has 2 aromatic rings. The molecule has 0 aromatic carbocycles. The van der Waals surface area contributed by atoms with Gasteiger partial charge in [0.15, 0.2) is 5.82 Å². The zero-order valence-electron chi connectivity index (χ0n) is 8.57. The average Bonchev–Trinajstić information content (AvgIpc) is 2.83. The van der Waals surface area contributed by atoms with Gasteiger partial charge in [-0.25, -0.2) is 4.98 Å². The first-order valence-electron chi connectivity index (χ1n) is 5.03. The molecule has 15 heavy (non-hydrogen) atoms. The summed E-state index contributed by atoms with van der Waals surface area (Å²) in [5, 5.41) is 3.28. The molecule has 0 bridgehead atoms. The van der Waals surface area contributed by atoms with Gasteiger partial charge in [0.1, 0.15) is 5.69 Å². The molecule has 0 spiro atoms. The monoisotopic (exact) mass is 200 g/mol. The Morgan fingerprint density at radius 2 is 2.27 bits per heavy atom. The van der Waals surface area contributed by atoms with Crippen LogP contribution in [-0.4, -0.2) is 14.5 Å². The molecule has 76 valence electrons. The van der Waals surface area contributed by atoms with Gasteiger partial charge in [-0.2, -0.15) is 0 Å². The van der Waals surface area contributed by atoms with Crippen molar-refractivity contribution in [3.05, 3.63) is 35.8 Å². The minimum atomic E-state index is 0.871. The summed E-state index contributed by atoms with van der Waals surface area (Å²) < 4.78 is 2.12. The van der Waals surface area contributed by atoms with Gasteiger partial charge in [0.25, 0.3) is 0 Å². The van der Waals surface area contributed by atoms with Crippen molar-refractivity contribution in [3.63, 3.8) is 0 Å². The van der Waals surface area contributed by atoms with E-state index in [1.807, 2.05) is 25.2 Å². The van der Waals surface area contributed by atoms with Crippen molar-refractivity contribution < 1.29 is 0 Å².